The van der Waals surface area contributed by atoms with Gasteiger partial charge in [0.25, 0.3) is 0 Å². The number of nitrogens with zero attached hydrogens (tertiary/aromatic N) is 2. The molecule has 5 heteroatoms. The molecule has 2 aromatic rings. The summed E-state index contributed by atoms with van der Waals surface area (Å²) in [7, 11) is 1.88. The summed E-state index contributed by atoms with van der Waals surface area (Å²) in [5, 5.41) is 0. The van der Waals surface area contributed by atoms with Crippen LogP contribution in [0.4, 0.5) is 0 Å². The maximum absolute atomic E-state index is 13.3. The number of likely N-dealkylation sites (tertiary alicyclic amines) is 2. The maximum atomic E-state index is 13.3. The smallest absolute Gasteiger partial charge is 0.231 e. The highest BCUT2D eigenvalue weighted by Gasteiger charge is 2.55. The second-order valence-corrected chi connectivity index (χ2v) is 9.04. The van der Waals surface area contributed by atoms with Crippen molar-refractivity contribution < 1.29 is 14.3 Å². The van der Waals surface area contributed by atoms with E-state index in [1.165, 1.54) is 5.56 Å². The third kappa shape index (κ3) is 4.52. The van der Waals surface area contributed by atoms with Crippen molar-refractivity contribution in [3.8, 4) is 0 Å². The average molecular weight is 421 g/mol. The molecule has 2 saturated heterocycles. The van der Waals surface area contributed by atoms with Crippen molar-refractivity contribution in [3.05, 3.63) is 71.8 Å². The minimum atomic E-state index is -0.516. The lowest BCUT2D eigenvalue weighted by atomic mass is 9.69. The quantitative estimate of drug-likeness (QED) is 0.713. The zero-order chi connectivity index (χ0) is 21.8. The predicted octanol–water partition coefficient (Wildman–Crippen LogP) is 3.85. The summed E-state index contributed by atoms with van der Waals surface area (Å²) in [4.78, 5) is 30.1. The molecule has 0 N–H and O–H groups in total. The molecule has 2 aromatic carbocycles. The Balaban J connectivity index is 1.43. The number of piperidine rings is 1. The first-order valence-electron chi connectivity index (χ1n) is 11.2. The topological polar surface area (TPSA) is 49.9 Å². The lowest BCUT2D eigenvalue weighted by Gasteiger charge is -2.42. The standard InChI is InChI=1S/C26H32N2O3/c1-20(31-18-21-10-5-3-6-11-21)16-24(29)28-15-9-14-26(19-28)23(17-27(2)25(26)30)22-12-7-4-8-13-22/h3-8,10-13,20,23H,9,14-19H2,1-2H3. The molecule has 3 atom stereocenters. The average Bonchev–Trinajstić information content (AvgIpc) is 3.04. The molecule has 2 aliphatic heterocycles. The second kappa shape index (κ2) is 9.23. The molecule has 2 amide bonds. The van der Waals surface area contributed by atoms with Gasteiger partial charge in [0.15, 0.2) is 0 Å². The molecule has 4 rings (SSSR count). The van der Waals surface area contributed by atoms with Crippen LogP contribution in [-0.2, 0) is 20.9 Å². The molecule has 0 radical (unpaired) electrons. The van der Waals surface area contributed by atoms with Crippen LogP contribution < -0.4 is 0 Å². The highest BCUT2D eigenvalue weighted by molar-refractivity contribution is 5.88. The molecule has 0 saturated carbocycles. The minimum Gasteiger partial charge on any atom is -0.373 e. The van der Waals surface area contributed by atoms with E-state index in [0.29, 0.717) is 32.7 Å². The van der Waals surface area contributed by atoms with Gasteiger partial charge in [0.05, 0.1) is 24.5 Å². The molecule has 31 heavy (non-hydrogen) atoms. The fraction of sp³-hybridized carbons (Fsp3) is 0.462. The summed E-state index contributed by atoms with van der Waals surface area (Å²) < 4.78 is 5.91. The van der Waals surface area contributed by atoms with Crippen molar-refractivity contribution in [2.45, 2.75) is 44.8 Å². The Hall–Kier alpha value is -2.66. The largest absolute Gasteiger partial charge is 0.373 e. The predicted molar refractivity (Wildman–Crippen MR) is 120 cm³/mol. The van der Waals surface area contributed by atoms with Crippen LogP contribution in [0, 0.1) is 5.41 Å². The highest BCUT2D eigenvalue weighted by Crippen LogP contribution is 2.49. The summed E-state index contributed by atoms with van der Waals surface area (Å²) in [6, 6.07) is 20.3. The van der Waals surface area contributed by atoms with Crippen molar-refractivity contribution in [3.63, 3.8) is 0 Å². The van der Waals surface area contributed by atoms with Crippen LogP contribution in [0.5, 0.6) is 0 Å². The summed E-state index contributed by atoms with van der Waals surface area (Å²) in [5.41, 5.74) is 1.77. The molecule has 2 heterocycles. The molecule has 3 unspecified atom stereocenters. The molecule has 0 aromatic heterocycles. The van der Waals surface area contributed by atoms with Crippen LogP contribution in [-0.4, -0.2) is 54.4 Å². The van der Waals surface area contributed by atoms with Gasteiger partial charge in [0, 0.05) is 32.6 Å². The van der Waals surface area contributed by atoms with Gasteiger partial charge in [-0.15, -0.1) is 0 Å². The number of carbonyl (C=O) groups is 2. The Kier molecular flexibility index (Phi) is 6.42. The van der Waals surface area contributed by atoms with E-state index >= 15 is 0 Å². The van der Waals surface area contributed by atoms with Gasteiger partial charge in [-0.25, -0.2) is 0 Å². The van der Waals surface area contributed by atoms with Gasteiger partial charge in [-0.3, -0.25) is 9.59 Å². The monoisotopic (exact) mass is 420 g/mol. The fourth-order valence-electron chi connectivity index (χ4n) is 5.17. The Morgan fingerprint density at radius 1 is 1.13 bits per heavy atom. The normalized spacial score (nSPS) is 24.6. The first-order chi connectivity index (χ1) is 15.0. The Morgan fingerprint density at radius 3 is 2.52 bits per heavy atom. The van der Waals surface area contributed by atoms with Crippen LogP contribution >= 0.6 is 0 Å². The second-order valence-electron chi connectivity index (χ2n) is 9.04. The number of carbonyl (C=O) groups excluding carboxylic acids is 2. The van der Waals surface area contributed by atoms with E-state index in [-0.39, 0.29) is 23.8 Å². The molecular weight excluding hydrogens is 388 g/mol. The number of ether oxygens (including phenoxy) is 1. The van der Waals surface area contributed by atoms with Gasteiger partial charge in [-0.05, 0) is 30.9 Å². The maximum Gasteiger partial charge on any atom is 0.231 e. The SMILES string of the molecule is CC(CC(=O)N1CCCC2(C1)C(=O)N(C)CC2c1ccccc1)OCc1ccccc1. The summed E-state index contributed by atoms with van der Waals surface area (Å²) in [6.07, 6.45) is 1.86. The van der Waals surface area contributed by atoms with Crippen molar-refractivity contribution in [1.29, 1.82) is 0 Å². The van der Waals surface area contributed by atoms with Gasteiger partial charge in [-0.1, -0.05) is 60.7 Å². The fourth-order valence-corrected chi connectivity index (χ4v) is 5.17. The zero-order valence-electron chi connectivity index (χ0n) is 18.5. The van der Waals surface area contributed by atoms with Gasteiger partial charge >= 0.3 is 0 Å². The van der Waals surface area contributed by atoms with E-state index in [2.05, 4.69) is 12.1 Å². The van der Waals surface area contributed by atoms with Gasteiger partial charge in [0.2, 0.25) is 11.8 Å². The van der Waals surface area contributed by atoms with E-state index in [0.717, 1.165) is 18.4 Å². The third-order valence-electron chi connectivity index (χ3n) is 6.81. The summed E-state index contributed by atoms with van der Waals surface area (Å²) >= 11 is 0. The first kappa shape index (κ1) is 21.6. The van der Waals surface area contributed by atoms with E-state index in [1.54, 1.807) is 0 Å². The van der Waals surface area contributed by atoms with Crippen molar-refractivity contribution in [2.24, 2.45) is 5.41 Å². The minimum absolute atomic E-state index is 0.0776. The molecule has 5 nitrogen and oxygen atoms in total. The molecule has 2 fully saturated rings. The Labute approximate surface area is 185 Å². The number of hydrogen-bond donors (Lipinski definition) is 0. The van der Waals surface area contributed by atoms with E-state index in [4.69, 9.17) is 4.74 Å². The Bertz CT molecular complexity index is 901. The molecule has 164 valence electrons. The van der Waals surface area contributed by atoms with Gasteiger partial charge < -0.3 is 14.5 Å². The number of likely N-dealkylation sites (N-methyl/N-ethyl adjacent to an activating group) is 1. The number of rotatable bonds is 6. The number of benzene rings is 2. The van der Waals surface area contributed by atoms with Crippen molar-refractivity contribution in [2.75, 3.05) is 26.7 Å². The van der Waals surface area contributed by atoms with Crippen LogP contribution in [0.15, 0.2) is 60.7 Å². The van der Waals surface area contributed by atoms with Gasteiger partial charge in [-0.2, -0.15) is 0 Å². The van der Waals surface area contributed by atoms with Crippen LogP contribution in [0.3, 0.4) is 0 Å². The van der Waals surface area contributed by atoms with Crippen LogP contribution in [0.1, 0.15) is 43.2 Å². The number of amides is 2. The van der Waals surface area contributed by atoms with Crippen molar-refractivity contribution in [1.82, 2.24) is 9.80 Å². The Morgan fingerprint density at radius 2 is 1.81 bits per heavy atom. The lowest BCUT2D eigenvalue weighted by Crippen LogP contribution is -2.51. The third-order valence-corrected chi connectivity index (χ3v) is 6.81. The molecule has 0 bridgehead atoms. The molecule has 2 aliphatic rings. The first-order valence-corrected chi connectivity index (χ1v) is 11.2. The van der Waals surface area contributed by atoms with Crippen LogP contribution in [0.2, 0.25) is 0 Å². The van der Waals surface area contributed by atoms with E-state index in [1.807, 2.05) is 72.3 Å². The number of hydrogen-bond acceptors (Lipinski definition) is 3. The zero-order valence-corrected chi connectivity index (χ0v) is 18.5. The highest BCUT2D eigenvalue weighted by atomic mass is 16.5. The molecular formula is C26H32N2O3. The summed E-state index contributed by atoms with van der Waals surface area (Å²) in [6.45, 7) is 4.37. The lowest BCUT2D eigenvalue weighted by molar-refractivity contribution is -0.144. The molecule has 0 aliphatic carbocycles. The van der Waals surface area contributed by atoms with E-state index < -0.39 is 5.41 Å². The van der Waals surface area contributed by atoms with E-state index in [9.17, 15) is 9.59 Å². The van der Waals surface area contributed by atoms with Crippen LogP contribution in [0.25, 0.3) is 0 Å². The molecule has 1 spiro atoms. The van der Waals surface area contributed by atoms with Crippen molar-refractivity contribution >= 4 is 11.8 Å². The summed E-state index contributed by atoms with van der Waals surface area (Å²) in [5.74, 6) is 0.370. The van der Waals surface area contributed by atoms with Gasteiger partial charge in [0.1, 0.15) is 0 Å².